The fourth-order valence-electron chi connectivity index (χ4n) is 2.67. The lowest BCUT2D eigenvalue weighted by atomic mass is 9.86. The Labute approximate surface area is 144 Å². The molecule has 23 heavy (non-hydrogen) atoms. The van der Waals surface area contributed by atoms with Crippen LogP contribution >= 0.6 is 15.9 Å². The minimum atomic E-state index is -0.815. The lowest BCUT2D eigenvalue weighted by Crippen LogP contribution is -2.45. The maximum Gasteiger partial charge on any atom is 0.331 e. The molecule has 1 fully saturated rings. The number of esters is 1. The number of halogens is 1. The SMILES string of the molecule is C[C@H](OC(=O)/C=C/c1ccc(Br)o1)C(=O)N[C@H]1CCCC[C@@H]1C. The first-order valence-corrected chi connectivity index (χ1v) is 8.69. The van der Waals surface area contributed by atoms with Crippen molar-refractivity contribution in [3.05, 3.63) is 28.6 Å². The van der Waals surface area contributed by atoms with E-state index in [1.54, 1.807) is 19.1 Å². The maximum absolute atomic E-state index is 12.1. The Bertz CT molecular complexity index is 581. The van der Waals surface area contributed by atoms with Gasteiger partial charge in [0.2, 0.25) is 0 Å². The third-order valence-corrected chi connectivity index (χ3v) is 4.51. The maximum atomic E-state index is 12.1. The van der Waals surface area contributed by atoms with Crippen LogP contribution in [0.3, 0.4) is 0 Å². The largest absolute Gasteiger partial charge is 0.450 e. The van der Waals surface area contributed by atoms with E-state index < -0.39 is 12.1 Å². The highest BCUT2D eigenvalue weighted by Gasteiger charge is 2.25. The molecule has 1 saturated carbocycles. The number of nitrogens with one attached hydrogen (secondary N) is 1. The van der Waals surface area contributed by atoms with E-state index in [0.29, 0.717) is 16.3 Å². The van der Waals surface area contributed by atoms with E-state index in [1.165, 1.54) is 18.6 Å². The van der Waals surface area contributed by atoms with E-state index in [9.17, 15) is 9.59 Å². The smallest absolute Gasteiger partial charge is 0.331 e. The summed E-state index contributed by atoms with van der Waals surface area (Å²) in [5.74, 6) is 0.179. The Balaban J connectivity index is 1.80. The zero-order valence-corrected chi connectivity index (χ0v) is 15.0. The van der Waals surface area contributed by atoms with Crippen LogP contribution in [0.25, 0.3) is 6.08 Å². The molecule has 0 bridgehead atoms. The minimum absolute atomic E-state index is 0.174. The van der Waals surface area contributed by atoms with Crippen LogP contribution in [0, 0.1) is 5.92 Å². The first-order chi connectivity index (χ1) is 11.0. The number of ether oxygens (including phenoxy) is 1. The van der Waals surface area contributed by atoms with E-state index in [0.717, 1.165) is 19.3 Å². The fraction of sp³-hybridized carbons (Fsp3) is 0.529. The summed E-state index contributed by atoms with van der Waals surface area (Å²) >= 11 is 3.18. The number of hydrogen-bond acceptors (Lipinski definition) is 4. The van der Waals surface area contributed by atoms with Gasteiger partial charge in [0.1, 0.15) is 5.76 Å². The van der Waals surface area contributed by atoms with E-state index in [1.807, 2.05) is 0 Å². The number of amides is 1. The van der Waals surface area contributed by atoms with Crippen LogP contribution in [0.1, 0.15) is 45.3 Å². The predicted octanol–water partition coefficient (Wildman–Crippen LogP) is 3.68. The second-order valence-electron chi connectivity index (χ2n) is 5.93. The van der Waals surface area contributed by atoms with E-state index in [2.05, 4.69) is 28.2 Å². The number of carbonyl (C=O) groups excluding carboxylic acids is 2. The van der Waals surface area contributed by atoms with Crippen molar-refractivity contribution in [1.82, 2.24) is 5.32 Å². The summed E-state index contributed by atoms with van der Waals surface area (Å²) < 4.78 is 11.0. The van der Waals surface area contributed by atoms with Crippen LogP contribution in [-0.4, -0.2) is 24.0 Å². The first-order valence-electron chi connectivity index (χ1n) is 7.90. The number of furan rings is 1. The normalized spacial score (nSPS) is 22.7. The molecule has 0 saturated heterocycles. The summed E-state index contributed by atoms with van der Waals surface area (Å²) in [4.78, 5) is 23.9. The molecule has 126 valence electrons. The summed E-state index contributed by atoms with van der Waals surface area (Å²) in [5, 5.41) is 2.99. The summed E-state index contributed by atoms with van der Waals surface area (Å²) in [7, 11) is 0. The molecule has 1 aromatic rings. The molecule has 3 atom stereocenters. The monoisotopic (exact) mass is 383 g/mol. The molecule has 0 aromatic carbocycles. The molecule has 1 N–H and O–H groups in total. The Morgan fingerprint density at radius 2 is 2.13 bits per heavy atom. The van der Waals surface area contributed by atoms with Gasteiger partial charge in [0, 0.05) is 12.1 Å². The molecule has 5 nitrogen and oxygen atoms in total. The summed E-state index contributed by atoms with van der Waals surface area (Å²) in [6.45, 7) is 3.73. The van der Waals surface area contributed by atoms with Crippen molar-refractivity contribution in [1.29, 1.82) is 0 Å². The highest BCUT2D eigenvalue weighted by atomic mass is 79.9. The molecular weight excluding hydrogens is 362 g/mol. The molecule has 2 rings (SSSR count). The van der Waals surface area contributed by atoms with Crippen molar-refractivity contribution in [2.45, 2.75) is 51.7 Å². The van der Waals surface area contributed by atoms with Gasteiger partial charge in [-0.2, -0.15) is 0 Å². The topological polar surface area (TPSA) is 68.5 Å². The Morgan fingerprint density at radius 1 is 1.39 bits per heavy atom. The summed E-state index contributed by atoms with van der Waals surface area (Å²) in [5.41, 5.74) is 0. The molecule has 1 aromatic heterocycles. The van der Waals surface area contributed by atoms with Gasteiger partial charge >= 0.3 is 5.97 Å². The lowest BCUT2D eigenvalue weighted by Gasteiger charge is -2.30. The molecular formula is C17H22BrNO4. The van der Waals surface area contributed by atoms with Crippen LogP contribution in [0.15, 0.2) is 27.3 Å². The van der Waals surface area contributed by atoms with Gasteiger partial charge in [0.15, 0.2) is 10.8 Å². The molecule has 1 amide bonds. The lowest BCUT2D eigenvalue weighted by molar-refractivity contribution is -0.150. The Hall–Kier alpha value is -1.56. The van der Waals surface area contributed by atoms with Gasteiger partial charge in [-0.25, -0.2) is 4.79 Å². The fourth-order valence-corrected chi connectivity index (χ4v) is 2.98. The van der Waals surface area contributed by atoms with Crippen molar-refractivity contribution >= 4 is 33.9 Å². The van der Waals surface area contributed by atoms with E-state index in [4.69, 9.17) is 9.15 Å². The van der Waals surface area contributed by atoms with Gasteiger partial charge in [-0.1, -0.05) is 19.8 Å². The van der Waals surface area contributed by atoms with Crippen molar-refractivity contribution in [3.8, 4) is 0 Å². The third-order valence-electron chi connectivity index (χ3n) is 4.08. The second-order valence-corrected chi connectivity index (χ2v) is 6.71. The summed E-state index contributed by atoms with van der Waals surface area (Å²) in [6, 6.07) is 3.62. The average molecular weight is 384 g/mol. The molecule has 1 heterocycles. The standard InChI is InChI=1S/C17H22BrNO4/c1-11-5-3-4-6-14(11)19-17(21)12(2)22-16(20)10-8-13-7-9-15(18)23-13/h7-12,14H,3-6H2,1-2H3,(H,19,21)/b10-8+/t11-,12-,14-/m0/s1. The van der Waals surface area contributed by atoms with Gasteiger partial charge in [-0.3, -0.25) is 4.79 Å². The van der Waals surface area contributed by atoms with Crippen molar-refractivity contribution in [2.75, 3.05) is 0 Å². The second kappa shape index (κ2) is 8.34. The van der Waals surface area contributed by atoms with Crippen LogP contribution in [0.5, 0.6) is 0 Å². The molecule has 0 spiro atoms. The third kappa shape index (κ3) is 5.53. The van der Waals surface area contributed by atoms with Crippen LogP contribution in [0.2, 0.25) is 0 Å². The molecule has 1 aliphatic carbocycles. The van der Waals surface area contributed by atoms with Crippen molar-refractivity contribution in [2.24, 2.45) is 5.92 Å². The highest BCUT2D eigenvalue weighted by molar-refractivity contribution is 9.10. The number of carbonyl (C=O) groups is 2. The van der Waals surface area contributed by atoms with Crippen LogP contribution < -0.4 is 5.32 Å². The Morgan fingerprint density at radius 3 is 2.78 bits per heavy atom. The van der Waals surface area contributed by atoms with Gasteiger partial charge in [-0.15, -0.1) is 0 Å². The van der Waals surface area contributed by atoms with Crippen LogP contribution in [-0.2, 0) is 14.3 Å². The predicted molar refractivity (Wildman–Crippen MR) is 90.6 cm³/mol. The van der Waals surface area contributed by atoms with Gasteiger partial charge < -0.3 is 14.5 Å². The number of hydrogen-bond donors (Lipinski definition) is 1. The quantitative estimate of drug-likeness (QED) is 0.621. The molecule has 1 aliphatic rings. The zero-order valence-electron chi connectivity index (χ0n) is 13.4. The zero-order chi connectivity index (χ0) is 16.8. The molecule has 6 heteroatoms. The summed E-state index contributed by atoms with van der Waals surface area (Å²) in [6.07, 6.45) is 6.39. The molecule has 0 unspecified atom stereocenters. The van der Waals surface area contributed by atoms with Crippen LogP contribution in [0.4, 0.5) is 0 Å². The van der Waals surface area contributed by atoms with E-state index in [-0.39, 0.29) is 11.9 Å². The van der Waals surface area contributed by atoms with Gasteiger partial charge in [-0.05, 0) is 59.8 Å². The number of rotatable bonds is 5. The highest BCUT2D eigenvalue weighted by Crippen LogP contribution is 2.23. The first kappa shape index (κ1) is 17.8. The van der Waals surface area contributed by atoms with Crippen molar-refractivity contribution < 1.29 is 18.7 Å². The van der Waals surface area contributed by atoms with Crippen molar-refractivity contribution in [3.63, 3.8) is 0 Å². The average Bonchev–Trinajstić information content (AvgIpc) is 2.93. The molecule has 0 aliphatic heterocycles. The van der Waals surface area contributed by atoms with Gasteiger partial charge in [0.25, 0.3) is 5.91 Å². The van der Waals surface area contributed by atoms with E-state index >= 15 is 0 Å². The minimum Gasteiger partial charge on any atom is -0.450 e. The Kier molecular flexibility index (Phi) is 6.45. The molecule has 0 radical (unpaired) electrons. The van der Waals surface area contributed by atoms with Gasteiger partial charge in [0.05, 0.1) is 0 Å².